The van der Waals surface area contributed by atoms with Crippen LogP contribution in [0.5, 0.6) is 11.5 Å². The van der Waals surface area contributed by atoms with Crippen molar-refractivity contribution >= 4 is 18.3 Å². The van der Waals surface area contributed by atoms with Crippen LogP contribution in [0.15, 0.2) is 41.0 Å². The standard InChI is InChI=1S/C16H20N2O4.ClH/c1-20-13-4-2-5-14(9-13)21-7-3-6-18-16(19)12-8-15(10-17)22-11-12;/h2,4-5,8-9,11H,3,6-7,10,17H2,1H3,(H,18,19);1H. The molecule has 2 rings (SSSR count). The summed E-state index contributed by atoms with van der Waals surface area (Å²) in [7, 11) is 1.61. The Bertz CT molecular complexity index is 616. The van der Waals surface area contributed by atoms with E-state index < -0.39 is 0 Å². The molecule has 1 heterocycles. The van der Waals surface area contributed by atoms with Gasteiger partial charge in [0.15, 0.2) is 0 Å². The molecular weight excluding hydrogens is 320 g/mol. The van der Waals surface area contributed by atoms with E-state index in [4.69, 9.17) is 19.6 Å². The van der Waals surface area contributed by atoms with Gasteiger partial charge >= 0.3 is 0 Å². The molecule has 0 atom stereocenters. The fourth-order valence-electron chi connectivity index (χ4n) is 1.86. The van der Waals surface area contributed by atoms with E-state index in [2.05, 4.69) is 5.32 Å². The van der Waals surface area contributed by atoms with Gasteiger partial charge in [0.2, 0.25) is 0 Å². The smallest absolute Gasteiger partial charge is 0.254 e. The van der Waals surface area contributed by atoms with Crippen LogP contribution in [0.25, 0.3) is 0 Å². The van der Waals surface area contributed by atoms with Crippen LogP contribution < -0.4 is 20.5 Å². The molecule has 1 aromatic carbocycles. The number of ether oxygens (including phenoxy) is 2. The third-order valence-electron chi connectivity index (χ3n) is 3.03. The number of halogens is 1. The first-order chi connectivity index (χ1) is 10.7. The number of nitrogens with two attached hydrogens (primary N) is 1. The number of methoxy groups -OCH3 is 1. The van der Waals surface area contributed by atoms with Crippen LogP contribution in [0, 0.1) is 0 Å². The highest BCUT2D eigenvalue weighted by molar-refractivity contribution is 5.93. The largest absolute Gasteiger partial charge is 0.497 e. The Morgan fingerprint density at radius 3 is 2.78 bits per heavy atom. The molecule has 0 aliphatic carbocycles. The zero-order chi connectivity index (χ0) is 15.8. The second-order valence-corrected chi connectivity index (χ2v) is 4.64. The minimum atomic E-state index is -0.176. The zero-order valence-electron chi connectivity index (χ0n) is 12.9. The number of carbonyl (C=O) groups is 1. The van der Waals surface area contributed by atoms with E-state index in [0.29, 0.717) is 30.9 Å². The molecule has 0 radical (unpaired) electrons. The van der Waals surface area contributed by atoms with E-state index >= 15 is 0 Å². The number of hydrogen-bond donors (Lipinski definition) is 2. The van der Waals surface area contributed by atoms with Crippen LogP contribution in [0.3, 0.4) is 0 Å². The highest BCUT2D eigenvalue weighted by Crippen LogP contribution is 2.18. The van der Waals surface area contributed by atoms with E-state index in [9.17, 15) is 4.79 Å². The second-order valence-electron chi connectivity index (χ2n) is 4.64. The maximum Gasteiger partial charge on any atom is 0.254 e. The van der Waals surface area contributed by atoms with Crippen molar-refractivity contribution in [2.24, 2.45) is 5.73 Å². The van der Waals surface area contributed by atoms with Gasteiger partial charge in [-0.05, 0) is 24.6 Å². The molecule has 0 unspecified atom stereocenters. The number of hydrogen-bond acceptors (Lipinski definition) is 5. The Labute approximate surface area is 141 Å². The number of rotatable bonds is 8. The fraction of sp³-hybridized carbons (Fsp3) is 0.312. The zero-order valence-corrected chi connectivity index (χ0v) is 13.7. The van der Waals surface area contributed by atoms with Gasteiger partial charge in [0, 0.05) is 12.6 Å². The lowest BCUT2D eigenvalue weighted by Crippen LogP contribution is -2.25. The Hall–Kier alpha value is -2.18. The number of carbonyl (C=O) groups excluding carboxylic acids is 1. The SMILES string of the molecule is COc1cccc(OCCCNC(=O)c2coc(CN)c2)c1.Cl. The molecule has 1 amide bonds. The van der Waals surface area contributed by atoms with Gasteiger partial charge in [-0.3, -0.25) is 4.79 Å². The lowest BCUT2D eigenvalue weighted by molar-refractivity contribution is 0.0951. The second kappa shape index (κ2) is 9.76. The first-order valence-corrected chi connectivity index (χ1v) is 7.05. The van der Waals surface area contributed by atoms with E-state index in [-0.39, 0.29) is 24.9 Å². The van der Waals surface area contributed by atoms with Crippen LogP contribution in [-0.4, -0.2) is 26.2 Å². The minimum Gasteiger partial charge on any atom is -0.497 e. The van der Waals surface area contributed by atoms with Crippen molar-refractivity contribution in [3.05, 3.63) is 47.9 Å². The highest BCUT2D eigenvalue weighted by Gasteiger charge is 2.08. The molecule has 0 saturated heterocycles. The molecule has 126 valence electrons. The van der Waals surface area contributed by atoms with Crippen LogP contribution in [0.1, 0.15) is 22.5 Å². The molecule has 7 heteroatoms. The van der Waals surface area contributed by atoms with Gasteiger partial charge in [-0.1, -0.05) is 6.07 Å². The van der Waals surface area contributed by atoms with Gasteiger partial charge in [0.05, 0.1) is 25.8 Å². The fourth-order valence-corrected chi connectivity index (χ4v) is 1.86. The summed E-state index contributed by atoms with van der Waals surface area (Å²) in [4.78, 5) is 11.8. The molecule has 2 aromatic rings. The first kappa shape index (κ1) is 18.9. The Kier molecular flexibility index (Phi) is 8.01. The van der Waals surface area contributed by atoms with E-state index in [1.165, 1.54) is 6.26 Å². The molecule has 6 nitrogen and oxygen atoms in total. The number of benzene rings is 1. The highest BCUT2D eigenvalue weighted by atomic mass is 35.5. The van der Waals surface area contributed by atoms with E-state index in [0.717, 1.165) is 11.5 Å². The monoisotopic (exact) mass is 340 g/mol. The maximum absolute atomic E-state index is 11.8. The van der Waals surface area contributed by atoms with Crippen molar-refractivity contribution in [2.45, 2.75) is 13.0 Å². The molecule has 0 saturated carbocycles. The summed E-state index contributed by atoms with van der Waals surface area (Å²) in [6.45, 7) is 1.31. The molecule has 0 bridgehead atoms. The molecule has 0 fully saturated rings. The van der Waals surface area contributed by atoms with Gasteiger partial charge in [-0.15, -0.1) is 12.4 Å². The van der Waals surface area contributed by atoms with Crippen LogP contribution in [0.4, 0.5) is 0 Å². The summed E-state index contributed by atoms with van der Waals surface area (Å²) >= 11 is 0. The van der Waals surface area contributed by atoms with Gasteiger partial charge < -0.3 is 24.9 Å². The van der Waals surface area contributed by atoms with Gasteiger partial charge in [0.1, 0.15) is 23.5 Å². The lowest BCUT2D eigenvalue weighted by atomic mass is 10.3. The maximum atomic E-state index is 11.8. The van der Waals surface area contributed by atoms with E-state index in [1.807, 2.05) is 24.3 Å². The third-order valence-corrected chi connectivity index (χ3v) is 3.03. The summed E-state index contributed by atoms with van der Waals surface area (Å²) in [5.74, 6) is 1.91. The molecule has 3 N–H and O–H groups in total. The lowest BCUT2D eigenvalue weighted by Gasteiger charge is -2.08. The van der Waals surface area contributed by atoms with Crippen molar-refractivity contribution in [1.82, 2.24) is 5.32 Å². The molecule has 1 aromatic heterocycles. The van der Waals surface area contributed by atoms with Crippen molar-refractivity contribution in [1.29, 1.82) is 0 Å². The van der Waals surface area contributed by atoms with Crippen molar-refractivity contribution in [2.75, 3.05) is 20.3 Å². The predicted molar refractivity (Wildman–Crippen MR) is 89.3 cm³/mol. The quantitative estimate of drug-likeness (QED) is 0.720. The van der Waals surface area contributed by atoms with Crippen LogP contribution in [-0.2, 0) is 6.54 Å². The normalized spacial score (nSPS) is 9.83. The van der Waals surface area contributed by atoms with Crippen LogP contribution in [0.2, 0.25) is 0 Å². The molecule has 23 heavy (non-hydrogen) atoms. The van der Waals surface area contributed by atoms with E-state index in [1.54, 1.807) is 13.2 Å². The Morgan fingerprint density at radius 2 is 2.09 bits per heavy atom. The van der Waals surface area contributed by atoms with Crippen LogP contribution >= 0.6 is 12.4 Å². The average Bonchev–Trinajstić information content (AvgIpc) is 3.04. The number of nitrogens with one attached hydrogen (secondary N) is 1. The molecule has 0 spiro atoms. The molecule has 0 aliphatic heterocycles. The van der Waals surface area contributed by atoms with Crippen molar-refractivity contribution in [3.8, 4) is 11.5 Å². The summed E-state index contributed by atoms with van der Waals surface area (Å²) in [6.07, 6.45) is 2.11. The van der Waals surface area contributed by atoms with Crippen molar-refractivity contribution in [3.63, 3.8) is 0 Å². The third kappa shape index (κ3) is 5.84. The number of furan rings is 1. The molecule has 0 aliphatic rings. The minimum absolute atomic E-state index is 0. The topological polar surface area (TPSA) is 86.7 Å². The van der Waals surface area contributed by atoms with Crippen molar-refractivity contribution < 1.29 is 18.7 Å². The summed E-state index contributed by atoms with van der Waals surface area (Å²) in [5, 5.41) is 2.80. The summed E-state index contributed by atoms with van der Waals surface area (Å²) in [5.41, 5.74) is 5.91. The number of amides is 1. The van der Waals surface area contributed by atoms with Gasteiger partial charge in [-0.2, -0.15) is 0 Å². The Balaban J connectivity index is 0.00000264. The predicted octanol–water partition coefficient (Wildman–Crippen LogP) is 2.37. The first-order valence-electron chi connectivity index (χ1n) is 7.05. The summed E-state index contributed by atoms with van der Waals surface area (Å²) < 4.78 is 15.8. The average molecular weight is 341 g/mol. The van der Waals surface area contributed by atoms with Gasteiger partial charge in [-0.25, -0.2) is 0 Å². The Morgan fingerprint density at radius 1 is 1.30 bits per heavy atom. The van der Waals surface area contributed by atoms with Gasteiger partial charge in [0.25, 0.3) is 5.91 Å². The molecular formula is C16H21ClN2O4. The summed E-state index contributed by atoms with van der Waals surface area (Å²) in [6, 6.07) is 9.04.